The second kappa shape index (κ2) is 6.19. The first kappa shape index (κ1) is 15.7. The van der Waals surface area contributed by atoms with Crippen LogP contribution < -0.4 is 5.32 Å². The van der Waals surface area contributed by atoms with Crippen molar-refractivity contribution >= 4 is 23.2 Å². The lowest BCUT2D eigenvalue weighted by Crippen LogP contribution is -2.35. The minimum atomic E-state index is -1.03. The predicted octanol–water partition coefficient (Wildman–Crippen LogP) is 3.06. The molecule has 0 bridgehead atoms. The Hall–Kier alpha value is -1.36. The minimum absolute atomic E-state index is 0.0268. The van der Waals surface area contributed by atoms with Crippen LogP contribution in [0.25, 0.3) is 0 Å². The smallest absolute Gasteiger partial charge is 0.331 e. The first-order valence-electron chi connectivity index (χ1n) is 6.27. The number of aliphatic carboxylic acids is 1. The maximum atomic E-state index is 11.9. The number of carboxylic acids is 1. The standard InChI is InChI=1S/C14H21NO3S/c1-9(14(2,3)4)8-11(16)15-12(13(17)18)10-6-5-7-19-10/h5-7,9,12H,8H2,1-4H3,(H,15,16)(H,17,18). The summed E-state index contributed by atoms with van der Waals surface area (Å²) in [6, 6.07) is 2.55. The summed E-state index contributed by atoms with van der Waals surface area (Å²) in [5.41, 5.74) is 0.0268. The number of thiophene rings is 1. The number of carbonyl (C=O) groups is 2. The molecule has 0 aliphatic carbocycles. The van der Waals surface area contributed by atoms with Crippen LogP contribution in [-0.4, -0.2) is 17.0 Å². The van der Waals surface area contributed by atoms with E-state index in [1.165, 1.54) is 11.3 Å². The van der Waals surface area contributed by atoms with Crippen LogP contribution in [-0.2, 0) is 9.59 Å². The van der Waals surface area contributed by atoms with E-state index in [1.807, 2.05) is 6.92 Å². The minimum Gasteiger partial charge on any atom is -0.479 e. The van der Waals surface area contributed by atoms with E-state index in [1.54, 1.807) is 17.5 Å². The van der Waals surface area contributed by atoms with Crippen LogP contribution in [0.4, 0.5) is 0 Å². The lowest BCUT2D eigenvalue weighted by atomic mass is 9.80. The summed E-state index contributed by atoms with van der Waals surface area (Å²) in [5.74, 6) is -1.06. The number of hydrogen-bond donors (Lipinski definition) is 2. The Morgan fingerprint density at radius 3 is 2.47 bits per heavy atom. The third kappa shape index (κ3) is 4.67. The molecule has 1 heterocycles. The fourth-order valence-electron chi connectivity index (χ4n) is 1.51. The third-order valence-corrected chi connectivity index (χ3v) is 4.29. The normalized spacial score (nSPS) is 14.7. The Kier molecular flexibility index (Phi) is 5.11. The summed E-state index contributed by atoms with van der Waals surface area (Å²) >= 11 is 1.33. The number of rotatable bonds is 5. The zero-order valence-electron chi connectivity index (χ0n) is 11.8. The first-order chi connectivity index (χ1) is 8.71. The number of carbonyl (C=O) groups excluding carboxylic acids is 1. The van der Waals surface area contributed by atoms with Crippen molar-refractivity contribution < 1.29 is 14.7 Å². The molecule has 0 radical (unpaired) electrons. The van der Waals surface area contributed by atoms with Crippen molar-refractivity contribution in [2.75, 3.05) is 0 Å². The fraction of sp³-hybridized carbons (Fsp3) is 0.571. The van der Waals surface area contributed by atoms with Gasteiger partial charge in [-0.1, -0.05) is 33.8 Å². The number of hydrogen-bond acceptors (Lipinski definition) is 3. The van der Waals surface area contributed by atoms with E-state index in [9.17, 15) is 14.7 Å². The summed E-state index contributed by atoms with van der Waals surface area (Å²) in [6.07, 6.45) is 0.332. The van der Waals surface area contributed by atoms with Crippen molar-refractivity contribution in [3.8, 4) is 0 Å². The second-order valence-electron chi connectivity index (χ2n) is 5.83. The first-order valence-corrected chi connectivity index (χ1v) is 7.15. The maximum Gasteiger partial charge on any atom is 0.331 e. The molecule has 0 aromatic carbocycles. The zero-order chi connectivity index (χ0) is 14.6. The van der Waals surface area contributed by atoms with Crippen LogP contribution in [0.15, 0.2) is 17.5 Å². The SMILES string of the molecule is CC(CC(=O)NC(C(=O)O)c1cccs1)C(C)(C)C. The molecule has 0 aliphatic heterocycles. The molecule has 106 valence electrons. The molecule has 1 rings (SSSR count). The molecule has 2 N–H and O–H groups in total. The molecule has 5 heteroatoms. The molecule has 0 spiro atoms. The van der Waals surface area contributed by atoms with E-state index < -0.39 is 12.0 Å². The third-order valence-electron chi connectivity index (χ3n) is 3.35. The van der Waals surface area contributed by atoms with Crippen LogP contribution in [0.2, 0.25) is 0 Å². The number of nitrogens with one attached hydrogen (secondary N) is 1. The van der Waals surface area contributed by atoms with Crippen LogP contribution in [0.5, 0.6) is 0 Å². The molecule has 2 unspecified atom stereocenters. The molecular formula is C14H21NO3S. The van der Waals surface area contributed by atoms with Gasteiger partial charge in [0.25, 0.3) is 0 Å². The van der Waals surface area contributed by atoms with Crippen molar-refractivity contribution in [3.63, 3.8) is 0 Å². The molecule has 0 saturated heterocycles. The van der Waals surface area contributed by atoms with E-state index in [2.05, 4.69) is 26.1 Å². The Morgan fingerprint density at radius 1 is 1.42 bits per heavy atom. The summed E-state index contributed by atoms with van der Waals surface area (Å²) in [6.45, 7) is 8.21. The van der Waals surface area contributed by atoms with Gasteiger partial charge in [-0.15, -0.1) is 11.3 Å². The molecule has 1 aromatic heterocycles. The van der Waals surface area contributed by atoms with Gasteiger partial charge in [-0.2, -0.15) is 0 Å². The molecule has 0 aliphatic rings. The molecule has 0 fully saturated rings. The maximum absolute atomic E-state index is 11.9. The van der Waals surface area contributed by atoms with Crippen LogP contribution in [0.3, 0.4) is 0 Å². The molecule has 19 heavy (non-hydrogen) atoms. The second-order valence-corrected chi connectivity index (χ2v) is 6.80. The van der Waals surface area contributed by atoms with Gasteiger partial charge in [0.05, 0.1) is 0 Å². The molecule has 1 aromatic rings. The predicted molar refractivity (Wildman–Crippen MR) is 76.1 cm³/mol. The Balaban J connectivity index is 2.66. The van der Waals surface area contributed by atoms with Crippen molar-refractivity contribution in [1.82, 2.24) is 5.32 Å². The van der Waals surface area contributed by atoms with Gasteiger partial charge in [-0.25, -0.2) is 4.79 Å². The van der Waals surface area contributed by atoms with Gasteiger partial charge < -0.3 is 10.4 Å². The van der Waals surface area contributed by atoms with Gasteiger partial charge in [0.1, 0.15) is 0 Å². The van der Waals surface area contributed by atoms with Gasteiger partial charge in [-0.3, -0.25) is 4.79 Å². The van der Waals surface area contributed by atoms with E-state index in [-0.39, 0.29) is 17.2 Å². The highest BCUT2D eigenvalue weighted by atomic mass is 32.1. The zero-order valence-corrected chi connectivity index (χ0v) is 12.6. The van der Waals surface area contributed by atoms with Crippen LogP contribution in [0.1, 0.15) is 45.0 Å². The average molecular weight is 283 g/mol. The fourth-order valence-corrected chi connectivity index (χ4v) is 2.28. The highest BCUT2D eigenvalue weighted by molar-refractivity contribution is 7.10. The Bertz CT molecular complexity index is 434. The number of carboxylic acid groups (broad SMARTS) is 1. The van der Waals surface area contributed by atoms with Gasteiger partial charge in [0.15, 0.2) is 6.04 Å². The number of amides is 1. The topological polar surface area (TPSA) is 66.4 Å². The van der Waals surface area contributed by atoms with E-state index in [4.69, 9.17) is 0 Å². The van der Waals surface area contributed by atoms with E-state index in [0.717, 1.165) is 0 Å². The van der Waals surface area contributed by atoms with Crippen molar-refractivity contribution in [3.05, 3.63) is 22.4 Å². The Labute approximate surface area is 117 Å². The molecule has 0 saturated carbocycles. The largest absolute Gasteiger partial charge is 0.479 e. The molecule has 4 nitrogen and oxygen atoms in total. The van der Waals surface area contributed by atoms with Gasteiger partial charge in [0, 0.05) is 11.3 Å². The lowest BCUT2D eigenvalue weighted by Gasteiger charge is -2.27. The van der Waals surface area contributed by atoms with Crippen LogP contribution in [0, 0.1) is 11.3 Å². The molecular weight excluding hydrogens is 262 g/mol. The van der Waals surface area contributed by atoms with Crippen molar-refractivity contribution in [2.45, 2.75) is 40.2 Å². The van der Waals surface area contributed by atoms with Gasteiger partial charge >= 0.3 is 5.97 Å². The van der Waals surface area contributed by atoms with E-state index in [0.29, 0.717) is 11.3 Å². The quantitative estimate of drug-likeness (QED) is 0.872. The monoisotopic (exact) mass is 283 g/mol. The highest BCUT2D eigenvalue weighted by Gasteiger charge is 2.26. The molecule has 1 amide bonds. The lowest BCUT2D eigenvalue weighted by molar-refractivity contribution is -0.142. The summed E-state index contributed by atoms with van der Waals surface area (Å²) in [7, 11) is 0. The van der Waals surface area contributed by atoms with Gasteiger partial charge in [0.2, 0.25) is 5.91 Å². The summed E-state index contributed by atoms with van der Waals surface area (Å²) < 4.78 is 0. The van der Waals surface area contributed by atoms with Crippen LogP contribution >= 0.6 is 11.3 Å². The molecule has 2 atom stereocenters. The van der Waals surface area contributed by atoms with E-state index >= 15 is 0 Å². The average Bonchev–Trinajstić information content (AvgIpc) is 2.77. The Morgan fingerprint density at radius 2 is 2.05 bits per heavy atom. The van der Waals surface area contributed by atoms with Crippen molar-refractivity contribution in [2.24, 2.45) is 11.3 Å². The van der Waals surface area contributed by atoms with Gasteiger partial charge in [-0.05, 0) is 22.8 Å². The highest BCUT2D eigenvalue weighted by Crippen LogP contribution is 2.28. The summed E-state index contributed by atoms with van der Waals surface area (Å²) in [5, 5.41) is 13.6. The van der Waals surface area contributed by atoms with Crippen molar-refractivity contribution in [1.29, 1.82) is 0 Å². The summed E-state index contributed by atoms with van der Waals surface area (Å²) in [4.78, 5) is 23.8.